The first-order valence-electron chi connectivity index (χ1n) is 2.87. The molecule has 0 aromatic heterocycles. The van der Waals surface area contributed by atoms with Crippen molar-refractivity contribution in [3.63, 3.8) is 0 Å². The molecular formula is C7H7ClIN. The number of hydrogen-bond acceptors (Lipinski definition) is 1. The maximum Gasteiger partial charge on any atom is 0.0647 e. The smallest absolute Gasteiger partial charge is 0.0647 e. The molecule has 0 saturated heterocycles. The van der Waals surface area contributed by atoms with Crippen molar-refractivity contribution < 1.29 is 0 Å². The molecule has 1 nitrogen and oxygen atoms in total. The third-order valence-corrected chi connectivity index (χ3v) is 2.17. The van der Waals surface area contributed by atoms with Crippen molar-refractivity contribution in [2.45, 2.75) is 6.92 Å². The summed E-state index contributed by atoms with van der Waals surface area (Å²) in [5.41, 5.74) is 2.17. The molecule has 0 bridgehead atoms. The van der Waals surface area contributed by atoms with E-state index in [-0.39, 0.29) is 0 Å². The molecule has 1 rings (SSSR count). The number of aryl methyl sites for hydroxylation is 1. The molecule has 3 heteroatoms. The van der Waals surface area contributed by atoms with Gasteiger partial charge in [0.1, 0.15) is 0 Å². The zero-order chi connectivity index (χ0) is 7.56. The lowest BCUT2D eigenvalue weighted by molar-refractivity contribution is 1.48. The van der Waals surface area contributed by atoms with Crippen LogP contribution in [0.4, 0.5) is 5.69 Å². The van der Waals surface area contributed by atoms with E-state index in [0.717, 1.165) is 10.7 Å². The molecule has 0 aliphatic heterocycles. The molecule has 0 spiro atoms. The molecule has 0 atom stereocenters. The van der Waals surface area contributed by atoms with Gasteiger partial charge in [0, 0.05) is 0 Å². The highest BCUT2D eigenvalue weighted by molar-refractivity contribution is 14.1. The van der Waals surface area contributed by atoms with E-state index in [4.69, 9.17) is 11.6 Å². The van der Waals surface area contributed by atoms with Gasteiger partial charge in [-0.3, -0.25) is 0 Å². The molecule has 54 valence electrons. The fourth-order valence-corrected chi connectivity index (χ4v) is 1.90. The SMILES string of the molecule is Cc1cccc(Cl)c1NI. The molecule has 0 aliphatic carbocycles. The minimum Gasteiger partial charge on any atom is -0.327 e. The monoisotopic (exact) mass is 267 g/mol. The molecule has 0 saturated carbocycles. The summed E-state index contributed by atoms with van der Waals surface area (Å²) >= 11 is 7.93. The molecule has 0 fully saturated rings. The second-order valence-corrected chi connectivity index (χ2v) is 2.97. The van der Waals surface area contributed by atoms with E-state index in [1.54, 1.807) is 0 Å². The first-order chi connectivity index (χ1) is 4.75. The highest BCUT2D eigenvalue weighted by atomic mass is 127. The summed E-state index contributed by atoms with van der Waals surface area (Å²) in [5, 5.41) is 0.773. The molecule has 1 aromatic carbocycles. The van der Waals surface area contributed by atoms with Crippen LogP contribution >= 0.6 is 34.5 Å². The number of para-hydroxylation sites is 1. The summed E-state index contributed by atoms with van der Waals surface area (Å²) in [6.07, 6.45) is 0. The Bertz CT molecular complexity index is 217. The van der Waals surface area contributed by atoms with Crippen LogP contribution in [0.25, 0.3) is 0 Å². The number of benzene rings is 1. The summed E-state index contributed by atoms with van der Waals surface area (Å²) < 4.78 is 3.00. The van der Waals surface area contributed by atoms with Gasteiger partial charge in [0.15, 0.2) is 0 Å². The number of nitrogens with one attached hydrogen (secondary N) is 1. The Morgan fingerprint density at radius 2 is 2.20 bits per heavy atom. The van der Waals surface area contributed by atoms with Crippen LogP contribution in [0, 0.1) is 6.92 Å². The predicted octanol–water partition coefficient (Wildman–Crippen LogP) is 3.41. The molecule has 10 heavy (non-hydrogen) atoms. The van der Waals surface area contributed by atoms with Crippen molar-refractivity contribution >= 4 is 40.2 Å². The van der Waals surface area contributed by atoms with Gasteiger partial charge in [-0.2, -0.15) is 0 Å². The average molecular weight is 267 g/mol. The van der Waals surface area contributed by atoms with E-state index < -0.39 is 0 Å². The predicted molar refractivity (Wildman–Crippen MR) is 53.8 cm³/mol. The zero-order valence-electron chi connectivity index (χ0n) is 5.49. The van der Waals surface area contributed by atoms with Gasteiger partial charge >= 0.3 is 0 Å². The van der Waals surface area contributed by atoms with Crippen molar-refractivity contribution in [2.24, 2.45) is 0 Å². The summed E-state index contributed by atoms with van der Waals surface area (Å²) in [6.45, 7) is 2.02. The maximum atomic E-state index is 5.86. The Kier molecular flexibility index (Phi) is 2.80. The van der Waals surface area contributed by atoms with E-state index >= 15 is 0 Å². The van der Waals surface area contributed by atoms with Crippen LogP contribution in [0.3, 0.4) is 0 Å². The van der Waals surface area contributed by atoms with Gasteiger partial charge in [-0.25, -0.2) is 0 Å². The van der Waals surface area contributed by atoms with E-state index in [1.807, 2.05) is 25.1 Å². The summed E-state index contributed by atoms with van der Waals surface area (Å²) in [4.78, 5) is 0. The van der Waals surface area contributed by atoms with E-state index in [1.165, 1.54) is 5.56 Å². The quantitative estimate of drug-likeness (QED) is 0.607. The molecule has 0 aliphatic rings. The van der Waals surface area contributed by atoms with Gasteiger partial charge in [-0.15, -0.1) is 0 Å². The first kappa shape index (κ1) is 8.14. The van der Waals surface area contributed by atoms with Crippen molar-refractivity contribution in [3.05, 3.63) is 28.8 Å². The molecule has 0 amide bonds. The molecule has 0 heterocycles. The lowest BCUT2D eigenvalue weighted by atomic mass is 10.2. The standard InChI is InChI=1S/C7H7ClIN/c1-5-3-2-4-6(8)7(5)10-9/h2-4,10H,1H3. The Hall–Kier alpha value is 0.0400. The third-order valence-electron chi connectivity index (χ3n) is 1.32. The maximum absolute atomic E-state index is 5.86. The minimum atomic E-state index is 0.773. The largest absolute Gasteiger partial charge is 0.327 e. The molecular weight excluding hydrogens is 260 g/mol. The number of rotatable bonds is 1. The fraction of sp³-hybridized carbons (Fsp3) is 0.143. The van der Waals surface area contributed by atoms with Crippen LogP contribution in [0.2, 0.25) is 5.02 Å². The Morgan fingerprint density at radius 1 is 1.50 bits per heavy atom. The van der Waals surface area contributed by atoms with Gasteiger partial charge < -0.3 is 3.53 Å². The van der Waals surface area contributed by atoms with Crippen LogP contribution in [0.5, 0.6) is 0 Å². The van der Waals surface area contributed by atoms with Crippen LogP contribution in [0.15, 0.2) is 18.2 Å². The second kappa shape index (κ2) is 3.44. The Balaban J connectivity index is 3.17. The summed E-state index contributed by atoms with van der Waals surface area (Å²) in [7, 11) is 0. The number of hydrogen-bond donors (Lipinski definition) is 1. The van der Waals surface area contributed by atoms with Gasteiger partial charge in [0.05, 0.1) is 33.6 Å². The Morgan fingerprint density at radius 3 is 2.60 bits per heavy atom. The van der Waals surface area contributed by atoms with E-state index in [0.29, 0.717) is 0 Å². The highest BCUT2D eigenvalue weighted by Gasteiger charge is 1.99. The van der Waals surface area contributed by atoms with E-state index in [9.17, 15) is 0 Å². The molecule has 1 aromatic rings. The van der Waals surface area contributed by atoms with Gasteiger partial charge in [0.2, 0.25) is 0 Å². The second-order valence-electron chi connectivity index (χ2n) is 2.03. The molecule has 0 unspecified atom stereocenters. The van der Waals surface area contributed by atoms with Crippen molar-refractivity contribution in [2.75, 3.05) is 3.53 Å². The van der Waals surface area contributed by atoms with Gasteiger partial charge in [-0.05, 0) is 18.6 Å². The van der Waals surface area contributed by atoms with Crippen LogP contribution in [-0.2, 0) is 0 Å². The molecule has 0 radical (unpaired) electrons. The fourth-order valence-electron chi connectivity index (χ4n) is 0.752. The van der Waals surface area contributed by atoms with Crippen LogP contribution < -0.4 is 3.53 Å². The lowest BCUT2D eigenvalue weighted by Gasteiger charge is -2.03. The normalized spacial score (nSPS) is 9.50. The lowest BCUT2D eigenvalue weighted by Crippen LogP contribution is -1.84. The minimum absolute atomic E-state index is 0.773. The Labute approximate surface area is 79.3 Å². The van der Waals surface area contributed by atoms with Crippen molar-refractivity contribution in [3.8, 4) is 0 Å². The van der Waals surface area contributed by atoms with Crippen LogP contribution in [0.1, 0.15) is 5.56 Å². The van der Waals surface area contributed by atoms with E-state index in [2.05, 4.69) is 26.4 Å². The number of anilines is 1. The van der Waals surface area contributed by atoms with Crippen molar-refractivity contribution in [1.29, 1.82) is 0 Å². The van der Waals surface area contributed by atoms with Crippen molar-refractivity contribution in [1.82, 2.24) is 0 Å². The number of halogens is 2. The van der Waals surface area contributed by atoms with Crippen LogP contribution in [-0.4, -0.2) is 0 Å². The topological polar surface area (TPSA) is 12.0 Å². The summed E-state index contributed by atoms with van der Waals surface area (Å²) in [6, 6.07) is 5.83. The van der Waals surface area contributed by atoms with Gasteiger partial charge in [0.25, 0.3) is 0 Å². The third kappa shape index (κ3) is 1.55. The molecule has 1 N–H and O–H groups in total. The zero-order valence-corrected chi connectivity index (χ0v) is 8.40. The highest BCUT2D eigenvalue weighted by Crippen LogP contribution is 2.25. The van der Waals surface area contributed by atoms with Gasteiger partial charge in [-0.1, -0.05) is 23.7 Å². The summed E-state index contributed by atoms with van der Waals surface area (Å²) in [5.74, 6) is 0. The first-order valence-corrected chi connectivity index (χ1v) is 4.33. The average Bonchev–Trinajstić information content (AvgIpc) is 1.88.